The van der Waals surface area contributed by atoms with Gasteiger partial charge >= 0.3 is 0 Å². The standard InChI is InChI=1S/C20H21N5O2S/c1-2-25-19(17-8-5-11-27-17)23-24-20(25)28-13-18(26)21-10-9-14-12-22-16-7-4-3-6-15(14)16/h3-8,11-12,22H,2,9-10,13H2,1H3,(H,21,26). The van der Waals surface area contributed by atoms with E-state index in [4.69, 9.17) is 4.42 Å². The van der Waals surface area contributed by atoms with Crippen molar-refractivity contribution >= 4 is 28.6 Å². The van der Waals surface area contributed by atoms with Crippen LogP contribution in [0.3, 0.4) is 0 Å². The van der Waals surface area contributed by atoms with Crippen LogP contribution in [0.2, 0.25) is 0 Å². The number of carbonyl (C=O) groups excluding carboxylic acids is 1. The molecule has 1 aromatic carbocycles. The Bertz CT molecular complexity index is 1070. The van der Waals surface area contributed by atoms with Crippen molar-refractivity contribution in [3.05, 3.63) is 54.4 Å². The van der Waals surface area contributed by atoms with Crippen LogP contribution >= 0.6 is 11.8 Å². The van der Waals surface area contributed by atoms with Gasteiger partial charge in [0, 0.05) is 30.2 Å². The molecule has 0 aliphatic carbocycles. The molecule has 0 saturated heterocycles. The van der Waals surface area contributed by atoms with Crippen LogP contribution in [0.1, 0.15) is 12.5 Å². The summed E-state index contributed by atoms with van der Waals surface area (Å²) in [4.78, 5) is 15.5. The molecule has 0 aliphatic heterocycles. The number of nitrogens with zero attached hydrogens (tertiary/aromatic N) is 3. The lowest BCUT2D eigenvalue weighted by molar-refractivity contribution is -0.118. The molecule has 0 fully saturated rings. The van der Waals surface area contributed by atoms with E-state index in [0.29, 0.717) is 35.6 Å². The van der Waals surface area contributed by atoms with Crippen LogP contribution < -0.4 is 5.32 Å². The van der Waals surface area contributed by atoms with Crippen LogP contribution in [0.25, 0.3) is 22.5 Å². The van der Waals surface area contributed by atoms with Crippen LogP contribution in [0, 0.1) is 0 Å². The molecule has 4 rings (SSSR count). The fraction of sp³-hybridized carbons (Fsp3) is 0.250. The number of benzene rings is 1. The number of fused-ring (bicyclic) bond motifs is 1. The van der Waals surface area contributed by atoms with E-state index >= 15 is 0 Å². The summed E-state index contributed by atoms with van der Waals surface area (Å²) in [5, 5.41) is 13.3. The Morgan fingerprint density at radius 3 is 2.96 bits per heavy atom. The van der Waals surface area contributed by atoms with E-state index in [-0.39, 0.29) is 5.91 Å². The van der Waals surface area contributed by atoms with Crippen LogP contribution in [0.5, 0.6) is 0 Å². The molecule has 144 valence electrons. The van der Waals surface area contributed by atoms with Crippen molar-refractivity contribution in [1.29, 1.82) is 0 Å². The Kier molecular flexibility index (Phi) is 5.48. The Morgan fingerprint density at radius 2 is 2.14 bits per heavy atom. The van der Waals surface area contributed by atoms with Crippen molar-refractivity contribution in [2.45, 2.75) is 25.0 Å². The Balaban J connectivity index is 1.30. The van der Waals surface area contributed by atoms with Gasteiger partial charge in [-0.2, -0.15) is 0 Å². The number of para-hydroxylation sites is 1. The highest BCUT2D eigenvalue weighted by molar-refractivity contribution is 7.99. The summed E-state index contributed by atoms with van der Waals surface area (Å²) >= 11 is 1.38. The molecule has 0 saturated carbocycles. The molecule has 7 nitrogen and oxygen atoms in total. The van der Waals surface area contributed by atoms with E-state index in [0.717, 1.165) is 11.9 Å². The Morgan fingerprint density at radius 1 is 1.25 bits per heavy atom. The van der Waals surface area contributed by atoms with Crippen molar-refractivity contribution in [1.82, 2.24) is 25.1 Å². The summed E-state index contributed by atoms with van der Waals surface area (Å²) in [6, 6.07) is 11.8. The van der Waals surface area contributed by atoms with E-state index in [1.807, 2.05) is 42.0 Å². The lowest BCUT2D eigenvalue weighted by Gasteiger charge is -2.07. The van der Waals surface area contributed by atoms with Crippen molar-refractivity contribution < 1.29 is 9.21 Å². The third kappa shape index (κ3) is 3.82. The first-order chi connectivity index (χ1) is 13.8. The normalized spacial score (nSPS) is 11.2. The van der Waals surface area contributed by atoms with E-state index in [1.54, 1.807) is 6.26 Å². The third-order valence-corrected chi connectivity index (χ3v) is 5.47. The summed E-state index contributed by atoms with van der Waals surface area (Å²) in [7, 11) is 0. The van der Waals surface area contributed by atoms with Gasteiger partial charge in [-0.3, -0.25) is 9.36 Å². The maximum atomic E-state index is 12.2. The van der Waals surface area contributed by atoms with Gasteiger partial charge in [0.2, 0.25) is 5.91 Å². The molecule has 1 amide bonds. The second-order valence-electron chi connectivity index (χ2n) is 6.28. The number of rotatable bonds is 8. The molecule has 0 aliphatic rings. The molecule has 28 heavy (non-hydrogen) atoms. The average molecular weight is 395 g/mol. The minimum absolute atomic E-state index is 0.0185. The highest BCUT2D eigenvalue weighted by Gasteiger charge is 2.16. The van der Waals surface area contributed by atoms with Crippen LogP contribution in [-0.2, 0) is 17.8 Å². The number of aromatic nitrogens is 4. The topological polar surface area (TPSA) is 88.7 Å². The summed E-state index contributed by atoms with van der Waals surface area (Å²) in [6.45, 7) is 3.31. The summed E-state index contributed by atoms with van der Waals surface area (Å²) in [5.41, 5.74) is 2.32. The van der Waals surface area contributed by atoms with E-state index in [9.17, 15) is 4.79 Å². The smallest absolute Gasteiger partial charge is 0.230 e. The van der Waals surface area contributed by atoms with Gasteiger partial charge in [0.25, 0.3) is 0 Å². The fourth-order valence-corrected chi connectivity index (χ4v) is 3.96. The first kappa shape index (κ1) is 18.4. The summed E-state index contributed by atoms with van der Waals surface area (Å²) in [6.07, 6.45) is 4.40. The minimum atomic E-state index is -0.0185. The molecule has 3 aromatic heterocycles. The number of H-pyrrole nitrogens is 1. The Labute approximate surface area is 166 Å². The first-order valence-corrected chi connectivity index (χ1v) is 10.2. The molecule has 0 radical (unpaired) electrons. The van der Waals surface area contributed by atoms with E-state index < -0.39 is 0 Å². The van der Waals surface area contributed by atoms with Crippen molar-refractivity contribution in [2.24, 2.45) is 0 Å². The molecule has 0 spiro atoms. The molecule has 3 heterocycles. The second kappa shape index (κ2) is 8.35. The lowest BCUT2D eigenvalue weighted by atomic mass is 10.1. The molecular weight excluding hydrogens is 374 g/mol. The highest BCUT2D eigenvalue weighted by Crippen LogP contribution is 2.24. The van der Waals surface area contributed by atoms with E-state index in [2.05, 4.69) is 32.6 Å². The largest absolute Gasteiger partial charge is 0.461 e. The quantitative estimate of drug-likeness (QED) is 0.446. The molecule has 0 bridgehead atoms. The zero-order valence-electron chi connectivity index (χ0n) is 15.5. The van der Waals surface area contributed by atoms with Gasteiger partial charge in [-0.05, 0) is 37.1 Å². The van der Waals surface area contributed by atoms with E-state index in [1.165, 1.54) is 22.7 Å². The average Bonchev–Trinajstić information content (AvgIpc) is 3.45. The number of hydrogen-bond acceptors (Lipinski definition) is 5. The van der Waals surface area contributed by atoms with Crippen molar-refractivity contribution in [3.8, 4) is 11.6 Å². The SMILES string of the molecule is CCn1c(SCC(=O)NCCc2c[nH]c3ccccc23)nnc1-c1ccco1. The number of nitrogens with one attached hydrogen (secondary N) is 2. The Hall–Kier alpha value is -3.00. The monoisotopic (exact) mass is 395 g/mol. The zero-order valence-corrected chi connectivity index (χ0v) is 16.3. The first-order valence-electron chi connectivity index (χ1n) is 9.18. The van der Waals surface area contributed by atoms with Gasteiger partial charge in [-0.15, -0.1) is 10.2 Å². The predicted molar refractivity (Wildman–Crippen MR) is 109 cm³/mol. The third-order valence-electron chi connectivity index (χ3n) is 4.50. The van der Waals surface area contributed by atoms with Gasteiger partial charge in [-0.1, -0.05) is 30.0 Å². The molecule has 2 N–H and O–H groups in total. The van der Waals surface area contributed by atoms with Gasteiger partial charge in [-0.25, -0.2) is 0 Å². The minimum Gasteiger partial charge on any atom is -0.461 e. The number of thioether (sulfide) groups is 1. The van der Waals surface area contributed by atoms with Crippen LogP contribution in [-0.4, -0.2) is 38.0 Å². The number of aromatic amines is 1. The fourth-order valence-electron chi connectivity index (χ4n) is 3.12. The molecule has 8 heteroatoms. The van der Waals surface area contributed by atoms with Gasteiger partial charge in [0.15, 0.2) is 16.7 Å². The van der Waals surface area contributed by atoms with Crippen LogP contribution in [0.4, 0.5) is 0 Å². The summed E-state index contributed by atoms with van der Waals surface area (Å²) < 4.78 is 7.35. The molecule has 0 unspecified atom stereocenters. The summed E-state index contributed by atoms with van der Waals surface area (Å²) in [5.74, 6) is 1.62. The lowest BCUT2D eigenvalue weighted by Crippen LogP contribution is -2.27. The number of furan rings is 1. The number of hydrogen-bond donors (Lipinski definition) is 2. The number of carbonyl (C=O) groups is 1. The number of amides is 1. The van der Waals surface area contributed by atoms with Crippen LogP contribution in [0.15, 0.2) is 58.4 Å². The maximum Gasteiger partial charge on any atom is 0.230 e. The molecule has 0 atom stereocenters. The van der Waals surface area contributed by atoms with Gasteiger partial charge < -0.3 is 14.7 Å². The predicted octanol–water partition coefficient (Wildman–Crippen LogP) is 3.49. The highest BCUT2D eigenvalue weighted by atomic mass is 32.2. The van der Waals surface area contributed by atoms with Crippen molar-refractivity contribution in [3.63, 3.8) is 0 Å². The second-order valence-corrected chi connectivity index (χ2v) is 7.22. The zero-order chi connectivity index (χ0) is 19.3. The molecular formula is C20H21N5O2S. The van der Waals surface area contributed by atoms with Gasteiger partial charge in [0.05, 0.1) is 12.0 Å². The maximum absolute atomic E-state index is 12.2. The van der Waals surface area contributed by atoms with Crippen molar-refractivity contribution in [2.75, 3.05) is 12.3 Å². The molecule has 4 aromatic rings. The van der Waals surface area contributed by atoms with Gasteiger partial charge in [0.1, 0.15) is 0 Å².